The first-order valence-corrected chi connectivity index (χ1v) is 11.4. The number of thiazole rings is 1. The van der Waals surface area contributed by atoms with Crippen LogP contribution < -0.4 is 0 Å². The van der Waals surface area contributed by atoms with Crippen LogP contribution in [-0.2, 0) is 36.7 Å². The number of hydrogen-bond acceptors (Lipinski definition) is 7. The predicted molar refractivity (Wildman–Crippen MR) is 119 cm³/mol. The number of carbonyl (C=O) groups is 3. The fourth-order valence-corrected chi connectivity index (χ4v) is 4.11. The van der Waals surface area contributed by atoms with Crippen LogP contribution in [0.15, 0.2) is 39.7 Å². The van der Waals surface area contributed by atoms with Crippen molar-refractivity contribution in [1.82, 2.24) is 4.98 Å². The maximum Gasteiger partial charge on any atom is 0.331 e. The van der Waals surface area contributed by atoms with Crippen molar-refractivity contribution in [2.75, 3.05) is 0 Å². The number of carbonyl (C=O) groups excluding carboxylic acids is 3. The van der Waals surface area contributed by atoms with E-state index in [4.69, 9.17) is 9.47 Å². The van der Waals surface area contributed by atoms with Crippen molar-refractivity contribution in [2.24, 2.45) is 0 Å². The van der Waals surface area contributed by atoms with Gasteiger partial charge in [-0.05, 0) is 37.8 Å². The van der Waals surface area contributed by atoms with Crippen molar-refractivity contribution in [3.05, 3.63) is 50.4 Å². The monoisotopic (exact) mass is 495 g/mol. The Labute approximate surface area is 189 Å². The molecule has 0 saturated carbocycles. The molecule has 30 heavy (non-hydrogen) atoms. The van der Waals surface area contributed by atoms with E-state index >= 15 is 0 Å². The van der Waals surface area contributed by atoms with E-state index in [0.29, 0.717) is 19.3 Å². The van der Waals surface area contributed by atoms with Gasteiger partial charge in [-0.3, -0.25) is 9.59 Å². The van der Waals surface area contributed by atoms with Gasteiger partial charge in [-0.15, -0.1) is 11.3 Å². The molecule has 2 rings (SSSR count). The number of nitrogens with zero attached hydrogens (tertiary/aromatic N) is 1. The van der Waals surface area contributed by atoms with Crippen LogP contribution in [0.3, 0.4) is 0 Å². The van der Waals surface area contributed by atoms with Gasteiger partial charge in [0.15, 0.2) is 0 Å². The highest BCUT2D eigenvalue weighted by molar-refractivity contribution is 9.11. The predicted octanol–water partition coefficient (Wildman–Crippen LogP) is 4.63. The Bertz CT molecular complexity index is 867. The summed E-state index contributed by atoms with van der Waals surface area (Å²) < 4.78 is 11.7. The topological polar surface area (TPSA) is 82.6 Å². The van der Waals surface area contributed by atoms with E-state index in [-0.39, 0.29) is 24.7 Å². The Balaban J connectivity index is 2.21. The maximum atomic E-state index is 12.2. The summed E-state index contributed by atoms with van der Waals surface area (Å²) in [5.74, 6) is -1.13. The second-order valence-electron chi connectivity index (χ2n) is 7.26. The number of aromatic nitrogens is 1. The average Bonchev–Trinajstić information content (AvgIpc) is 3.05. The molecule has 6 nitrogen and oxygen atoms in total. The van der Waals surface area contributed by atoms with E-state index < -0.39 is 18.0 Å². The van der Waals surface area contributed by atoms with Gasteiger partial charge in [0.05, 0.1) is 10.7 Å². The Kier molecular flexibility index (Phi) is 9.65. The number of Topliss-reactive ketones (excluding diaryl/α,β-unsaturated/α-hetero) is 1. The molecule has 0 saturated heterocycles. The third kappa shape index (κ3) is 9.17. The molecule has 162 valence electrons. The van der Waals surface area contributed by atoms with Crippen LogP contribution in [0.2, 0.25) is 0 Å². The highest BCUT2D eigenvalue weighted by Crippen LogP contribution is 2.18. The number of aryl methyl sites for hydroxylation is 1. The number of rotatable bonds is 1. The highest BCUT2D eigenvalue weighted by Gasteiger charge is 2.17. The van der Waals surface area contributed by atoms with Crippen molar-refractivity contribution in [2.45, 2.75) is 65.1 Å². The number of esters is 2. The summed E-state index contributed by atoms with van der Waals surface area (Å²) in [4.78, 5) is 40.8. The Morgan fingerprint density at radius 2 is 2.00 bits per heavy atom. The standard InChI is InChI=1S/C22H26BrNO5S/c1-14-5-4-6-21(26)29-19(10-15(2)23)12-20-24-17(13-30-20)7-8-18(25)11-22(27)28-16(3)9-14/h4-6,10,13,16,19H,7-9,11-12H2,1-3H3/b6-4-,14-5+,15-10+. The van der Waals surface area contributed by atoms with Gasteiger partial charge in [0.1, 0.15) is 24.4 Å². The van der Waals surface area contributed by atoms with E-state index in [1.807, 2.05) is 25.3 Å². The summed E-state index contributed by atoms with van der Waals surface area (Å²) >= 11 is 4.84. The number of ketones is 1. The lowest BCUT2D eigenvalue weighted by atomic mass is 10.1. The second-order valence-corrected chi connectivity index (χ2v) is 9.45. The van der Waals surface area contributed by atoms with Gasteiger partial charge < -0.3 is 9.47 Å². The molecule has 2 heterocycles. The lowest BCUT2D eigenvalue weighted by Crippen LogP contribution is -2.18. The number of fused-ring (bicyclic) bond motifs is 2. The van der Waals surface area contributed by atoms with Gasteiger partial charge in [0, 0.05) is 30.7 Å². The van der Waals surface area contributed by atoms with Crippen molar-refractivity contribution in [3.8, 4) is 0 Å². The SMILES string of the molecule is C/C(Br)=C\C1Cc2nc(cs2)CCC(=O)CC(=O)OC(C)C/C(C)=C/C=C\C(=O)O1. The molecule has 1 aliphatic heterocycles. The molecule has 0 aliphatic carbocycles. The first-order chi connectivity index (χ1) is 14.2. The number of ether oxygens (including phenoxy) is 2. The third-order valence-electron chi connectivity index (χ3n) is 4.21. The van der Waals surface area contributed by atoms with Gasteiger partial charge in [0.25, 0.3) is 0 Å². The molecule has 2 atom stereocenters. The van der Waals surface area contributed by atoms with Gasteiger partial charge in [-0.25, -0.2) is 9.78 Å². The van der Waals surface area contributed by atoms with Crippen molar-refractivity contribution in [3.63, 3.8) is 0 Å². The number of halogens is 1. The molecule has 2 unspecified atom stereocenters. The fourth-order valence-electron chi connectivity index (χ4n) is 2.95. The van der Waals surface area contributed by atoms with Crippen LogP contribution in [0, 0.1) is 0 Å². The van der Waals surface area contributed by atoms with Crippen LogP contribution in [0.25, 0.3) is 0 Å². The minimum absolute atomic E-state index is 0.167. The van der Waals surface area contributed by atoms with Crippen LogP contribution >= 0.6 is 27.3 Å². The van der Waals surface area contributed by atoms with Crippen molar-refractivity contribution < 1.29 is 23.9 Å². The number of cyclic esters (lactones) is 2. The largest absolute Gasteiger partial charge is 0.462 e. The molecule has 0 amide bonds. The zero-order valence-corrected chi connectivity index (χ0v) is 19.8. The van der Waals surface area contributed by atoms with Gasteiger partial charge >= 0.3 is 11.9 Å². The second kappa shape index (κ2) is 12.0. The molecular formula is C22H26BrNO5S. The lowest BCUT2D eigenvalue weighted by Gasteiger charge is -2.13. The van der Waals surface area contributed by atoms with Crippen LogP contribution in [-0.4, -0.2) is 34.9 Å². The smallest absolute Gasteiger partial charge is 0.331 e. The van der Waals surface area contributed by atoms with Gasteiger partial charge in [0.2, 0.25) is 0 Å². The summed E-state index contributed by atoms with van der Waals surface area (Å²) in [5, 5.41) is 2.70. The lowest BCUT2D eigenvalue weighted by molar-refractivity contribution is -0.150. The van der Waals surface area contributed by atoms with Crippen LogP contribution in [0.5, 0.6) is 0 Å². The fraction of sp³-hybridized carbons (Fsp3) is 0.455. The Morgan fingerprint density at radius 1 is 1.23 bits per heavy atom. The van der Waals surface area contributed by atoms with Crippen molar-refractivity contribution in [1.29, 1.82) is 0 Å². The molecule has 0 radical (unpaired) electrons. The third-order valence-corrected chi connectivity index (χ3v) is 5.40. The highest BCUT2D eigenvalue weighted by atomic mass is 79.9. The molecule has 2 bridgehead atoms. The van der Waals surface area contributed by atoms with E-state index in [9.17, 15) is 14.4 Å². The van der Waals surface area contributed by atoms with E-state index in [1.165, 1.54) is 17.4 Å². The first kappa shape index (κ1) is 24.2. The van der Waals surface area contributed by atoms with Gasteiger partial charge in [-0.2, -0.15) is 0 Å². The molecule has 1 aliphatic rings. The molecule has 0 N–H and O–H groups in total. The Morgan fingerprint density at radius 3 is 2.73 bits per heavy atom. The summed E-state index contributed by atoms with van der Waals surface area (Å²) in [7, 11) is 0. The number of allylic oxidation sites excluding steroid dienone is 3. The molecular weight excluding hydrogens is 470 g/mol. The minimum atomic E-state index is -0.518. The molecule has 0 spiro atoms. The Hall–Kier alpha value is -2.06. The van der Waals surface area contributed by atoms with Crippen LogP contribution in [0.1, 0.15) is 50.7 Å². The summed E-state index contributed by atoms with van der Waals surface area (Å²) in [6.07, 6.45) is 7.18. The van der Waals surface area contributed by atoms with E-state index in [2.05, 4.69) is 20.9 Å². The molecule has 0 aromatic carbocycles. The van der Waals surface area contributed by atoms with Crippen LogP contribution in [0.4, 0.5) is 0 Å². The maximum absolute atomic E-state index is 12.2. The first-order valence-electron chi connectivity index (χ1n) is 9.74. The average molecular weight is 496 g/mol. The van der Waals surface area contributed by atoms with E-state index in [1.54, 1.807) is 19.1 Å². The summed E-state index contributed by atoms with van der Waals surface area (Å²) in [6.45, 7) is 5.53. The van der Waals surface area contributed by atoms with E-state index in [0.717, 1.165) is 20.8 Å². The summed E-state index contributed by atoms with van der Waals surface area (Å²) in [6, 6.07) is 0. The van der Waals surface area contributed by atoms with Crippen molar-refractivity contribution >= 4 is 45.0 Å². The molecule has 8 heteroatoms. The summed E-state index contributed by atoms with van der Waals surface area (Å²) in [5.41, 5.74) is 1.72. The number of hydrogen-bond donors (Lipinski definition) is 0. The normalized spacial score (nSPS) is 25.8. The molecule has 0 fully saturated rings. The molecule has 1 aromatic rings. The van der Waals surface area contributed by atoms with Gasteiger partial charge in [-0.1, -0.05) is 33.7 Å². The molecule has 1 aromatic heterocycles. The zero-order valence-electron chi connectivity index (χ0n) is 17.4. The zero-order chi connectivity index (χ0) is 22.1. The minimum Gasteiger partial charge on any atom is -0.462 e. The quantitative estimate of drug-likeness (QED) is 0.417.